The molecule has 1 aromatic carbocycles. The standard InChI is InChI=1S/C18H21N3O3/c1-3-24-17-6-4-16(5-7-17)21(14(2)22)13-18(23)20-12-15-8-10-19-11-9-15/h4-11H,3,12-13H2,1-2H3,(H,20,23). The SMILES string of the molecule is CCOc1ccc(N(CC(=O)NCc2ccncc2)C(C)=O)cc1. The topological polar surface area (TPSA) is 71.5 Å². The summed E-state index contributed by atoms with van der Waals surface area (Å²) in [5.74, 6) is 0.306. The molecule has 0 aliphatic rings. The highest BCUT2D eigenvalue weighted by Crippen LogP contribution is 2.19. The minimum atomic E-state index is -0.226. The van der Waals surface area contributed by atoms with Crippen LogP contribution in [0.5, 0.6) is 5.75 Å². The third-order valence-electron chi connectivity index (χ3n) is 3.38. The Morgan fingerprint density at radius 2 is 1.79 bits per heavy atom. The Hall–Kier alpha value is -2.89. The van der Waals surface area contributed by atoms with Crippen molar-refractivity contribution in [1.29, 1.82) is 0 Å². The molecule has 126 valence electrons. The number of anilines is 1. The largest absolute Gasteiger partial charge is 0.494 e. The smallest absolute Gasteiger partial charge is 0.240 e. The van der Waals surface area contributed by atoms with Crippen molar-refractivity contribution in [3.8, 4) is 5.75 Å². The van der Waals surface area contributed by atoms with Crippen molar-refractivity contribution in [2.75, 3.05) is 18.1 Å². The maximum atomic E-state index is 12.1. The number of hydrogen-bond donors (Lipinski definition) is 1. The maximum Gasteiger partial charge on any atom is 0.240 e. The van der Waals surface area contributed by atoms with Gasteiger partial charge in [-0.15, -0.1) is 0 Å². The van der Waals surface area contributed by atoms with Gasteiger partial charge in [0, 0.05) is 31.5 Å². The molecule has 6 nitrogen and oxygen atoms in total. The van der Waals surface area contributed by atoms with Crippen LogP contribution in [0.2, 0.25) is 0 Å². The number of nitrogens with zero attached hydrogens (tertiary/aromatic N) is 2. The molecule has 0 radical (unpaired) electrons. The van der Waals surface area contributed by atoms with E-state index in [2.05, 4.69) is 10.3 Å². The number of rotatable bonds is 7. The average molecular weight is 327 g/mol. The fourth-order valence-corrected chi connectivity index (χ4v) is 2.17. The van der Waals surface area contributed by atoms with Gasteiger partial charge in [0.1, 0.15) is 12.3 Å². The number of benzene rings is 1. The van der Waals surface area contributed by atoms with E-state index in [4.69, 9.17) is 4.74 Å². The number of ether oxygens (including phenoxy) is 1. The predicted molar refractivity (Wildman–Crippen MR) is 91.7 cm³/mol. The monoisotopic (exact) mass is 327 g/mol. The molecule has 0 unspecified atom stereocenters. The molecule has 2 rings (SSSR count). The minimum Gasteiger partial charge on any atom is -0.494 e. The number of nitrogens with one attached hydrogen (secondary N) is 1. The summed E-state index contributed by atoms with van der Waals surface area (Å²) in [6, 6.07) is 10.8. The zero-order valence-corrected chi connectivity index (χ0v) is 13.9. The van der Waals surface area contributed by atoms with Gasteiger partial charge in [0.2, 0.25) is 11.8 Å². The van der Waals surface area contributed by atoms with E-state index in [1.54, 1.807) is 36.7 Å². The summed E-state index contributed by atoms with van der Waals surface area (Å²) >= 11 is 0. The van der Waals surface area contributed by atoms with Gasteiger partial charge in [0.25, 0.3) is 0 Å². The van der Waals surface area contributed by atoms with Crippen molar-refractivity contribution in [2.45, 2.75) is 20.4 Å². The van der Waals surface area contributed by atoms with E-state index in [0.717, 1.165) is 11.3 Å². The molecule has 0 atom stereocenters. The molecule has 0 bridgehead atoms. The lowest BCUT2D eigenvalue weighted by molar-refractivity contribution is -0.123. The second kappa shape index (κ2) is 8.67. The molecule has 2 aromatic rings. The molecule has 0 saturated heterocycles. The van der Waals surface area contributed by atoms with E-state index in [9.17, 15) is 9.59 Å². The first-order chi connectivity index (χ1) is 11.6. The highest BCUT2D eigenvalue weighted by molar-refractivity contribution is 5.97. The third-order valence-corrected chi connectivity index (χ3v) is 3.38. The summed E-state index contributed by atoms with van der Waals surface area (Å²) in [5, 5.41) is 2.80. The van der Waals surface area contributed by atoms with Gasteiger partial charge in [-0.05, 0) is 48.9 Å². The normalized spacial score (nSPS) is 10.1. The van der Waals surface area contributed by atoms with Crippen LogP contribution in [0.4, 0.5) is 5.69 Å². The quantitative estimate of drug-likeness (QED) is 0.846. The number of pyridine rings is 1. The molecule has 0 saturated carbocycles. The van der Waals surface area contributed by atoms with E-state index in [0.29, 0.717) is 18.8 Å². The van der Waals surface area contributed by atoms with Crippen LogP contribution in [0.25, 0.3) is 0 Å². The Kier molecular flexibility index (Phi) is 6.31. The van der Waals surface area contributed by atoms with Gasteiger partial charge in [-0.1, -0.05) is 0 Å². The van der Waals surface area contributed by atoms with Crippen molar-refractivity contribution in [1.82, 2.24) is 10.3 Å². The second-order valence-electron chi connectivity index (χ2n) is 5.16. The zero-order valence-electron chi connectivity index (χ0n) is 13.9. The number of carbonyl (C=O) groups excluding carboxylic acids is 2. The molecule has 2 amide bonds. The van der Waals surface area contributed by atoms with Crippen LogP contribution in [0.3, 0.4) is 0 Å². The Labute approximate surface area is 141 Å². The first-order valence-electron chi connectivity index (χ1n) is 7.76. The van der Waals surface area contributed by atoms with Crippen LogP contribution >= 0.6 is 0 Å². The third kappa shape index (κ3) is 5.08. The average Bonchev–Trinajstić information content (AvgIpc) is 2.60. The van der Waals surface area contributed by atoms with E-state index >= 15 is 0 Å². The minimum absolute atomic E-state index is 0.0333. The van der Waals surface area contributed by atoms with Gasteiger partial charge in [-0.3, -0.25) is 14.6 Å². The van der Waals surface area contributed by atoms with E-state index in [-0.39, 0.29) is 18.4 Å². The Bertz CT molecular complexity index is 672. The summed E-state index contributed by atoms with van der Waals surface area (Å²) in [7, 11) is 0. The second-order valence-corrected chi connectivity index (χ2v) is 5.16. The van der Waals surface area contributed by atoms with Gasteiger partial charge >= 0.3 is 0 Å². The van der Waals surface area contributed by atoms with E-state index in [1.807, 2.05) is 19.1 Å². The summed E-state index contributed by atoms with van der Waals surface area (Å²) in [5.41, 5.74) is 1.61. The summed E-state index contributed by atoms with van der Waals surface area (Å²) in [4.78, 5) is 29.4. The van der Waals surface area contributed by atoms with Crippen LogP contribution < -0.4 is 15.0 Å². The summed E-state index contributed by atoms with van der Waals surface area (Å²) in [6.45, 7) is 4.29. The van der Waals surface area contributed by atoms with Crippen molar-refractivity contribution >= 4 is 17.5 Å². The molecule has 0 aliphatic heterocycles. The number of aromatic nitrogens is 1. The van der Waals surface area contributed by atoms with Crippen LogP contribution in [-0.2, 0) is 16.1 Å². The van der Waals surface area contributed by atoms with Gasteiger partial charge in [0.05, 0.1) is 6.61 Å². The highest BCUT2D eigenvalue weighted by atomic mass is 16.5. The highest BCUT2D eigenvalue weighted by Gasteiger charge is 2.15. The first kappa shape index (κ1) is 17.5. The van der Waals surface area contributed by atoms with Crippen molar-refractivity contribution in [2.24, 2.45) is 0 Å². The number of amides is 2. The molecule has 1 heterocycles. The number of carbonyl (C=O) groups is 2. The fraction of sp³-hybridized carbons (Fsp3) is 0.278. The molecule has 24 heavy (non-hydrogen) atoms. The Balaban J connectivity index is 1.97. The lowest BCUT2D eigenvalue weighted by Crippen LogP contribution is -2.39. The number of hydrogen-bond acceptors (Lipinski definition) is 4. The van der Waals surface area contributed by atoms with Crippen LogP contribution in [0.15, 0.2) is 48.8 Å². The van der Waals surface area contributed by atoms with Gasteiger partial charge in [-0.25, -0.2) is 0 Å². The molecular formula is C18H21N3O3. The van der Waals surface area contributed by atoms with Crippen molar-refractivity contribution in [3.63, 3.8) is 0 Å². The molecule has 0 fully saturated rings. The van der Waals surface area contributed by atoms with Crippen LogP contribution in [0.1, 0.15) is 19.4 Å². The van der Waals surface area contributed by atoms with Gasteiger partial charge in [0.15, 0.2) is 0 Å². The lowest BCUT2D eigenvalue weighted by atomic mass is 10.2. The van der Waals surface area contributed by atoms with Gasteiger partial charge in [-0.2, -0.15) is 0 Å². The molecule has 0 aliphatic carbocycles. The van der Waals surface area contributed by atoms with E-state index < -0.39 is 0 Å². The molecule has 6 heteroatoms. The molecule has 1 N–H and O–H groups in total. The lowest BCUT2D eigenvalue weighted by Gasteiger charge is -2.21. The van der Waals surface area contributed by atoms with E-state index in [1.165, 1.54) is 11.8 Å². The van der Waals surface area contributed by atoms with Crippen molar-refractivity contribution in [3.05, 3.63) is 54.4 Å². The predicted octanol–water partition coefficient (Wildman–Crippen LogP) is 2.15. The molecule has 0 spiro atoms. The Morgan fingerprint density at radius 3 is 2.38 bits per heavy atom. The van der Waals surface area contributed by atoms with Gasteiger partial charge < -0.3 is 15.0 Å². The molecule has 1 aromatic heterocycles. The zero-order chi connectivity index (χ0) is 17.4. The fourth-order valence-electron chi connectivity index (χ4n) is 2.17. The summed E-state index contributed by atoms with van der Waals surface area (Å²) < 4.78 is 5.38. The Morgan fingerprint density at radius 1 is 1.12 bits per heavy atom. The maximum absolute atomic E-state index is 12.1. The molecular weight excluding hydrogens is 306 g/mol. The van der Waals surface area contributed by atoms with Crippen LogP contribution in [-0.4, -0.2) is 29.9 Å². The van der Waals surface area contributed by atoms with Crippen LogP contribution in [0, 0.1) is 0 Å². The van der Waals surface area contributed by atoms with Crippen molar-refractivity contribution < 1.29 is 14.3 Å². The first-order valence-corrected chi connectivity index (χ1v) is 7.76. The summed E-state index contributed by atoms with van der Waals surface area (Å²) in [6.07, 6.45) is 3.34.